The van der Waals surface area contributed by atoms with Crippen LogP contribution >= 0.6 is 0 Å². The van der Waals surface area contributed by atoms with Crippen molar-refractivity contribution in [2.75, 3.05) is 59.2 Å². The van der Waals surface area contributed by atoms with E-state index in [0.717, 1.165) is 13.1 Å². The summed E-state index contributed by atoms with van der Waals surface area (Å²) in [5.74, 6) is -2.65. The standard InChI is InChI=1S/C28H43N3O7/c1-5-8-16-37-26(35)22-21-24(33)31(20(4)19-32)23(28(21)10-9-27(22,7-3)38-28)25(34)30(11-6-2)13-12-29-14-17-36-18-15-29/h5-6,20-23,32H,1-2,7-19H2,3-4H3/t20-,21+,22+,23?,27-,28?/m1/s1. The first-order valence-electron chi connectivity index (χ1n) is 13.9. The van der Waals surface area contributed by atoms with Gasteiger partial charge < -0.3 is 29.1 Å². The molecule has 6 atom stereocenters. The zero-order valence-electron chi connectivity index (χ0n) is 22.8. The molecule has 10 nitrogen and oxygen atoms in total. The van der Waals surface area contributed by atoms with E-state index in [1.165, 1.54) is 4.90 Å². The van der Waals surface area contributed by atoms with Gasteiger partial charge >= 0.3 is 5.97 Å². The lowest BCUT2D eigenvalue weighted by molar-refractivity contribution is -0.163. The van der Waals surface area contributed by atoms with Crippen molar-refractivity contribution >= 4 is 17.8 Å². The van der Waals surface area contributed by atoms with E-state index in [1.807, 2.05) is 6.92 Å². The van der Waals surface area contributed by atoms with Crippen LogP contribution in [0, 0.1) is 11.8 Å². The van der Waals surface area contributed by atoms with Crippen LogP contribution in [0.15, 0.2) is 25.3 Å². The maximum Gasteiger partial charge on any atom is 0.312 e. The molecule has 4 rings (SSSR count). The van der Waals surface area contributed by atoms with Gasteiger partial charge in [-0.1, -0.05) is 19.1 Å². The Labute approximate surface area is 225 Å². The van der Waals surface area contributed by atoms with Gasteiger partial charge in [-0.2, -0.15) is 0 Å². The normalized spacial score (nSPS) is 33.2. The number of amides is 2. The van der Waals surface area contributed by atoms with Gasteiger partial charge in [0.1, 0.15) is 17.6 Å². The fourth-order valence-corrected chi connectivity index (χ4v) is 6.90. The highest BCUT2D eigenvalue weighted by Gasteiger charge is 2.79. The molecule has 4 aliphatic rings. The first kappa shape index (κ1) is 28.7. The summed E-state index contributed by atoms with van der Waals surface area (Å²) in [5.41, 5.74) is -2.00. The van der Waals surface area contributed by atoms with Crippen molar-refractivity contribution in [1.82, 2.24) is 14.7 Å². The second kappa shape index (κ2) is 11.9. The molecule has 38 heavy (non-hydrogen) atoms. The number of fused-ring (bicyclic) bond motifs is 1. The van der Waals surface area contributed by atoms with Crippen LogP contribution in [0.2, 0.25) is 0 Å². The quantitative estimate of drug-likeness (QED) is 0.212. The first-order chi connectivity index (χ1) is 18.3. The molecule has 4 saturated heterocycles. The Balaban J connectivity index is 1.67. The molecule has 4 aliphatic heterocycles. The van der Waals surface area contributed by atoms with Gasteiger partial charge in [-0.3, -0.25) is 19.3 Å². The highest BCUT2D eigenvalue weighted by atomic mass is 16.6. The van der Waals surface area contributed by atoms with E-state index in [9.17, 15) is 19.5 Å². The zero-order chi connectivity index (χ0) is 27.5. The largest absolute Gasteiger partial charge is 0.465 e. The van der Waals surface area contributed by atoms with E-state index in [2.05, 4.69) is 18.1 Å². The molecule has 212 valence electrons. The summed E-state index contributed by atoms with van der Waals surface area (Å²) in [7, 11) is 0. The van der Waals surface area contributed by atoms with Crippen molar-refractivity contribution in [3.8, 4) is 0 Å². The molecule has 0 aromatic heterocycles. The average Bonchev–Trinajstić information content (AvgIpc) is 3.54. The molecule has 0 radical (unpaired) electrons. The molecule has 0 saturated carbocycles. The van der Waals surface area contributed by atoms with E-state index in [-0.39, 0.29) is 25.0 Å². The Morgan fingerprint density at radius 2 is 2.00 bits per heavy atom. The molecule has 4 heterocycles. The second-order valence-electron chi connectivity index (χ2n) is 10.9. The Morgan fingerprint density at radius 1 is 1.26 bits per heavy atom. The SMILES string of the molecule is C=CCCOC(=O)[C@@H]1[C@H]2C(=O)N([C@H](C)CO)C(C(=O)N(CC=C)CCN3CCOCC3)C23CC[C@@]1(CC)O3. The van der Waals surface area contributed by atoms with E-state index < -0.39 is 41.1 Å². The number of rotatable bonds is 13. The maximum atomic E-state index is 14.3. The summed E-state index contributed by atoms with van der Waals surface area (Å²) in [6, 6.07) is -1.55. The number of hydrogen-bond acceptors (Lipinski definition) is 8. The number of carbonyl (C=O) groups excluding carboxylic acids is 3. The van der Waals surface area contributed by atoms with Crippen molar-refractivity contribution in [2.24, 2.45) is 11.8 Å². The number of aliphatic hydroxyl groups excluding tert-OH is 1. The third-order valence-electron chi connectivity index (χ3n) is 8.86. The van der Waals surface area contributed by atoms with E-state index in [4.69, 9.17) is 14.2 Å². The van der Waals surface area contributed by atoms with Crippen LogP contribution in [-0.2, 0) is 28.6 Å². The number of aliphatic hydroxyl groups is 1. The Morgan fingerprint density at radius 3 is 2.63 bits per heavy atom. The van der Waals surface area contributed by atoms with Crippen molar-refractivity contribution < 1.29 is 33.7 Å². The second-order valence-corrected chi connectivity index (χ2v) is 10.9. The molecule has 4 fully saturated rings. The molecule has 2 unspecified atom stereocenters. The Bertz CT molecular complexity index is 922. The molecule has 2 amide bonds. The van der Waals surface area contributed by atoms with Crippen LogP contribution in [-0.4, -0.2) is 120 Å². The van der Waals surface area contributed by atoms with Gasteiger partial charge in [0.2, 0.25) is 11.8 Å². The fraction of sp³-hybridized carbons (Fsp3) is 0.750. The van der Waals surface area contributed by atoms with Gasteiger partial charge in [-0.25, -0.2) is 0 Å². The topological polar surface area (TPSA) is 109 Å². The number of likely N-dealkylation sites (tertiary alicyclic amines) is 1. The van der Waals surface area contributed by atoms with Crippen molar-refractivity contribution in [2.45, 2.75) is 62.8 Å². The number of hydrogen-bond donors (Lipinski definition) is 1. The molecule has 0 aromatic rings. The van der Waals surface area contributed by atoms with E-state index in [1.54, 1.807) is 24.0 Å². The Hall–Kier alpha value is -2.27. The average molecular weight is 534 g/mol. The van der Waals surface area contributed by atoms with Crippen LogP contribution in [0.4, 0.5) is 0 Å². The van der Waals surface area contributed by atoms with Gasteiger partial charge in [0, 0.05) is 32.7 Å². The summed E-state index contributed by atoms with van der Waals surface area (Å²) >= 11 is 0. The van der Waals surface area contributed by atoms with Crippen molar-refractivity contribution in [3.05, 3.63) is 25.3 Å². The molecule has 1 spiro atoms. The Kier molecular flexibility index (Phi) is 8.96. The zero-order valence-corrected chi connectivity index (χ0v) is 22.8. The lowest BCUT2D eigenvalue weighted by Gasteiger charge is -2.39. The summed E-state index contributed by atoms with van der Waals surface area (Å²) in [5, 5.41) is 10.1. The first-order valence-corrected chi connectivity index (χ1v) is 13.9. The minimum atomic E-state index is -1.14. The summed E-state index contributed by atoms with van der Waals surface area (Å²) < 4.78 is 17.8. The molecule has 1 N–H and O–H groups in total. The van der Waals surface area contributed by atoms with Gasteiger partial charge in [0.25, 0.3) is 0 Å². The summed E-state index contributed by atoms with van der Waals surface area (Å²) in [6.45, 7) is 15.5. The highest BCUT2D eigenvalue weighted by molar-refractivity contribution is 5.98. The molecule has 0 aromatic carbocycles. The molecule has 0 aliphatic carbocycles. The number of morpholine rings is 1. The number of ether oxygens (including phenoxy) is 3. The number of carbonyl (C=O) groups is 3. The lowest BCUT2D eigenvalue weighted by Crippen LogP contribution is -2.59. The highest BCUT2D eigenvalue weighted by Crippen LogP contribution is 2.64. The van der Waals surface area contributed by atoms with Crippen LogP contribution < -0.4 is 0 Å². The molecular weight excluding hydrogens is 490 g/mol. The van der Waals surface area contributed by atoms with Gasteiger partial charge in [0.15, 0.2) is 0 Å². The van der Waals surface area contributed by atoms with Crippen LogP contribution in [0.3, 0.4) is 0 Å². The molecule has 2 bridgehead atoms. The van der Waals surface area contributed by atoms with E-state index in [0.29, 0.717) is 58.5 Å². The number of nitrogens with zero attached hydrogens (tertiary/aromatic N) is 3. The van der Waals surface area contributed by atoms with Crippen LogP contribution in [0.1, 0.15) is 39.5 Å². The monoisotopic (exact) mass is 533 g/mol. The van der Waals surface area contributed by atoms with Gasteiger partial charge in [-0.05, 0) is 32.6 Å². The smallest absolute Gasteiger partial charge is 0.312 e. The molecule has 10 heteroatoms. The van der Waals surface area contributed by atoms with E-state index >= 15 is 0 Å². The molecular formula is C28H43N3O7. The minimum absolute atomic E-state index is 0.181. The van der Waals surface area contributed by atoms with Gasteiger partial charge in [-0.15, -0.1) is 13.2 Å². The van der Waals surface area contributed by atoms with Gasteiger partial charge in [0.05, 0.1) is 44.0 Å². The van der Waals surface area contributed by atoms with Crippen molar-refractivity contribution in [1.29, 1.82) is 0 Å². The van der Waals surface area contributed by atoms with Crippen molar-refractivity contribution in [3.63, 3.8) is 0 Å². The predicted octanol–water partition coefficient (Wildman–Crippen LogP) is 0.988. The number of esters is 1. The third-order valence-corrected chi connectivity index (χ3v) is 8.86. The fourth-order valence-electron chi connectivity index (χ4n) is 6.90. The predicted molar refractivity (Wildman–Crippen MR) is 140 cm³/mol. The summed E-state index contributed by atoms with van der Waals surface area (Å²) in [4.78, 5) is 47.3. The minimum Gasteiger partial charge on any atom is -0.465 e. The van der Waals surface area contributed by atoms with Crippen LogP contribution in [0.25, 0.3) is 0 Å². The van der Waals surface area contributed by atoms with Crippen LogP contribution in [0.5, 0.6) is 0 Å². The lowest BCUT2D eigenvalue weighted by atomic mass is 9.65. The third kappa shape index (κ3) is 4.80. The summed E-state index contributed by atoms with van der Waals surface area (Å²) in [6.07, 6.45) is 5.45. The maximum absolute atomic E-state index is 14.3.